The minimum absolute atomic E-state index is 0.0357. The van der Waals surface area contributed by atoms with E-state index < -0.39 is 6.61 Å². The largest absolute Gasteiger partial charge is 0.387 e. The van der Waals surface area contributed by atoms with Gasteiger partial charge in [0.25, 0.3) is 5.91 Å². The summed E-state index contributed by atoms with van der Waals surface area (Å²) in [5.41, 5.74) is 4.20. The molecule has 0 radical (unpaired) electrons. The van der Waals surface area contributed by atoms with Crippen LogP contribution >= 0.6 is 0 Å². The van der Waals surface area contributed by atoms with Gasteiger partial charge in [0.2, 0.25) is 11.8 Å². The summed E-state index contributed by atoms with van der Waals surface area (Å²) in [7, 11) is 0. The van der Waals surface area contributed by atoms with Crippen LogP contribution in [0.3, 0.4) is 0 Å². The van der Waals surface area contributed by atoms with Crippen LogP contribution in [0.25, 0.3) is 22.5 Å². The molecular weight excluding hydrogens is 554 g/mol. The summed E-state index contributed by atoms with van der Waals surface area (Å²) in [5.74, 6) is -0.0550. The van der Waals surface area contributed by atoms with Crippen molar-refractivity contribution in [1.29, 1.82) is 0 Å². The zero-order chi connectivity index (χ0) is 30.5. The van der Waals surface area contributed by atoms with Crippen LogP contribution in [-0.4, -0.2) is 112 Å². The summed E-state index contributed by atoms with van der Waals surface area (Å²) in [6.07, 6.45) is 3.20. The highest BCUT2D eigenvalue weighted by atomic mass is 16.3. The molecule has 0 atom stereocenters. The van der Waals surface area contributed by atoms with Gasteiger partial charge in [0, 0.05) is 81.0 Å². The molecule has 3 aromatic rings. The van der Waals surface area contributed by atoms with E-state index in [1.807, 2.05) is 82.6 Å². The number of aliphatic hydroxyl groups excluding tert-OH is 1. The fraction of sp³-hybridized carbons (Fsp3) is 0.429. The SMILES string of the molecule is O=C(CO)N1CCC(C(=O)N2CCC(N3CCN(C(=O)c4cc(-c5ccccc5)nc(-c5ccccc5)c4)CC3)CC2)CC1. The lowest BCUT2D eigenvalue weighted by molar-refractivity contribution is -0.143. The highest BCUT2D eigenvalue weighted by molar-refractivity contribution is 5.96. The normalized spacial score (nSPS) is 18.8. The number of benzene rings is 2. The Morgan fingerprint density at radius 1 is 0.659 bits per heavy atom. The molecule has 1 aromatic heterocycles. The Balaban J connectivity index is 1.04. The highest BCUT2D eigenvalue weighted by Crippen LogP contribution is 2.27. The predicted molar refractivity (Wildman–Crippen MR) is 169 cm³/mol. The Labute approximate surface area is 259 Å². The first kappa shape index (κ1) is 30.0. The highest BCUT2D eigenvalue weighted by Gasteiger charge is 2.34. The first-order valence-corrected chi connectivity index (χ1v) is 15.8. The zero-order valence-corrected chi connectivity index (χ0v) is 25.2. The number of pyridine rings is 1. The fourth-order valence-electron chi connectivity index (χ4n) is 6.83. The minimum atomic E-state index is -0.470. The summed E-state index contributed by atoms with van der Waals surface area (Å²) in [5, 5.41) is 9.10. The Bertz CT molecular complexity index is 1380. The third-order valence-electron chi connectivity index (χ3n) is 9.44. The first-order chi connectivity index (χ1) is 21.5. The molecule has 44 heavy (non-hydrogen) atoms. The van der Waals surface area contributed by atoms with Gasteiger partial charge in [-0.25, -0.2) is 4.98 Å². The second kappa shape index (κ2) is 13.7. The average molecular weight is 596 g/mol. The molecule has 3 amide bonds. The van der Waals surface area contributed by atoms with Gasteiger partial charge in [-0.15, -0.1) is 0 Å². The third-order valence-corrected chi connectivity index (χ3v) is 9.44. The van der Waals surface area contributed by atoms with Crippen LogP contribution in [0.15, 0.2) is 72.8 Å². The monoisotopic (exact) mass is 595 g/mol. The number of carbonyl (C=O) groups is 3. The Kier molecular flexibility index (Phi) is 9.33. The number of hydrogen-bond acceptors (Lipinski definition) is 6. The molecule has 230 valence electrons. The number of rotatable bonds is 6. The number of amides is 3. The smallest absolute Gasteiger partial charge is 0.254 e. The van der Waals surface area contributed by atoms with Crippen molar-refractivity contribution in [1.82, 2.24) is 24.6 Å². The topological polar surface area (TPSA) is 97.3 Å². The van der Waals surface area contributed by atoms with Gasteiger partial charge >= 0.3 is 0 Å². The molecular formula is C35H41N5O4. The molecule has 3 aliphatic heterocycles. The van der Waals surface area contributed by atoms with Crippen molar-refractivity contribution in [2.45, 2.75) is 31.7 Å². The summed E-state index contributed by atoms with van der Waals surface area (Å²) >= 11 is 0. The zero-order valence-electron chi connectivity index (χ0n) is 25.2. The van der Waals surface area contributed by atoms with Crippen molar-refractivity contribution in [3.63, 3.8) is 0 Å². The molecule has 3 saturated heterocycles. The molecule has 0 unspecified atom stereocenters. The van der Waals surface area contributed by atoms with Crippen molar-refractivity contribution in [3.05, 3.63) is 78.4 Å². The molecule has 1 N–H and O–H groups in total. The van der Waals surface area contributed by atoms with Crippen LogP contribution in [0.5, 0.6) is 0 Å². The lowest BCUT2D eigenvalue weighted by Crippen LogP contribution is -2.55. The summed E-state index contributed by atoms with van der Waals surface area (Å²) < 4.78 is 0. The van der Waals surface area contributed by atoms with Crippen LogP contribution < -0.4 is 0 Å². The molecule has 4 heterocycles. The van der Waals surface area contributed by atoms with Crippen molar-refractivity contribution < 1.29 is 19.5 Å². The van der Waals surface area contributed by atoms with Crippen molar-refractivity contribution in [2.24, 2.45) is 5.92 Å². The van der Waals surface area contributed by atoms with E-state index in [0.717, 1.165) is 61.5 Å². The van der Waals surface area contributed by atoms with E-state index in [-0.39, 0.29) is 23.6 Å². The summed E-state index contributed by atoms with van der Waals surface area (Å²) in [6, 6.07) is 24.2. The molecule has 0 aliphatic carbocycles. The summed E-state index contributed by atoms with van der Waals surface area (Å²) in [4.78, 5) is 51.7. The van der Waals surface area contributed by atoms with Crippen LogP contribution in [0.2, 0.25) is 0 Å². The number of piperazine rings is 1. The predicted octanol–water partition coefficient (Wildman–Crippen LogP) is 3.40. The number of carbonyl (C=O) groups excluding carboxylic acids is 3. The molecule has 0 saturated carbocycles. The van der Waals surface area contributed by atoms with Gasteiger partial charge in [-0.2, -0.15) is 0 Å². The van der Waals surface area contributed by atoms with E-state index in [4.69, 9.17) is 10.1 Å². The number of hydrogen-bond donors (Lipinski definition) is 1. The van der Waals surface area contributed by atoms with Crippen LogP contribution in [0.1, 0.15) is 36.0 Å². The number of likely N-dealkylation sites (tertiary alicyclic amines) is 2. The molecule has 2 aromatic carbocycles. The molecule has 0 bridgehead atoms. The van der Waals surface area contributed by atoms with Gasteiger partial charge in [0.05, 0.1) is 11.4 Å². The van der Waals surface area contributed by atoms with Gasteiger partial charge in [-0.3, -0.25) is 19.3 Å². The molecule has 3 aliphatic rings. The third kappa shape index (κ3) is 6.69. The van der Waals surface area contributed by atoms with Gasteiger partial charge in [0.15, 0.2) is 0 Å². The maximum Gasteiger partial charge on any atom is 0.254 e. The van der Waals surface area contributed by atoms with E-state index >= 15 is 0 Å². The number of aliphatic hydroxyl groups is 1. The van der Waals surface area contributed by atoms with Gasteiger partial charge < -0.3 is 19.8 Å². The fourth-order valence-corrected chi connectivity index (χ4v) is 6.83. The number of piperidine rings is 2. The molecule has 6 rings (SSSR count). The second-order valence-electron chi connectivity index (χ2n) is 12.1. The van der Waals surface area contributed by atoms with E-state index in [0.29, 0.717) is 50.6 Å². The Hall–Kier alpha value is -4.08. The molecule has 3 fully saturated rings. The number of nitrogens with zero attached hydrogens (tertiary/aromatic N) is 5. The van der Waals surface area contributed by atoms with E-state index in [1.165, 1.54) is 0 Å². The second-order valence-corrected chi connectivity index (χ2v) is 12.1. The van der Waals surface area contributed by atoms with Crippen LogP contribution in [0, 0.1) is 5.92 Å². The van der Waals surface area contributed by atoms with E-state index in [2.05, 4.69) is 4.90 Å². The standard InChI is InChI=1S/C35H41N5O4/c41-25-33(42)38-15-11-28(12-16-38)34(43)39-17-13-30(14-18-39)37-19-21-40(22-20-37)35(44)29-23-31(26-7-3-1-4-8-26)36-32(24-29)27-9-5-2-6-10-27/h1-10,23-24,28,30,41H,11-22,25H2. The van der Waals surface area contributed by atoms with Crippen molar-refractivity contribution in [2.75, 3.05) is 59.0 Å². The maximum atomic E-state index is 13.8. The van der Waals surface area contributed by atoms with Crippen LogP contribution in [-0.2, 0) is 9.59 Å². The Morgan fingerprint density at radius 2 is 1.18 bits per heavy atom. The van der Waals surface area contributed by atoms with E-state index in [9.17, 15) is 14.4 Å². The minimum Gasteiger partial charge on any atom is -0.387 e. The van der Waals surface area contributed by atoms with Crippen molar-refractivity contribution >= 4 is 17.7 Å². The molecule has 0 spiro atoms. The molecule has 9 heteroatoms. The van der Waals surface area contributed by atoms with Crippen molar-refractivity contribution in [3.8, 4) is 22.5 Å². The van der Waals surface area contributed by atoms with Gasteiger partial charge in [0.1, 0.15) is 6.61 Å². The van der Waals surface area contributed by atoms with Gasteiger partial charge in [-0.1, -0.05) is 60.7 Å². The Morgan fingerprint density at radius 3 is 1.70 bits per heavy atom. The lowest BCUT2D eigenvalue weighted by atomic mass is 9.93. The van der Waals surface area contributed by atoms with Gasteiger partial charge in [-0.05, 0) is 37.8 Å². The number of aromatic nitrogens is 1. The first-order valence-electron chi connectivity index (χ1n) is 15.8. The quantitative estimate of drug-likeness (QED) is 0.470. The summed E-state index contributed by atoms with van der Waals surface area (Å²) in [6.45, 7) is 5.10. The average Bonchev–Trinajstić information content (AvgIpc) is 3.11. The molecule has 9 nitrogen and oxygen atoms in total. The maximum absolute atomic E-state index is 13.8. The van der Waals surface area contributed by atoms with E-state index in [1.54, 1.807) is 4.90 Å². The lowest BCUT2D eigenvalue weighted by Gasteiger charge is -2.43. The van der Waals surface area contributed by atoms with Crippen LogP contribution in [0.4, 0.5) is 0 Å².